The molecule has 28 heavy (non-hydrogen) atoms. The van der Waals surface area contributed by atoms with Gasteiger partial charge in [-0.3, -0.25) is 0 Å². The molecule has 1 aromatic carbocycles. The van der Waals surface area contributed by atoms with Gasteiger partial charge < -0.3 is 19.3 Å². The zero-order valence-electron chi connectivity index (χ0n) is 18.1. The fourth-order valence-electron chi connectivity index (χ4n) is 4.80. The van der Waals surface area contributed by atoms with Crippen molar-refractivity contribution in [1.82, 2.24) is 0 Å². The molecule has 0 unspecified atom stereocenters. The zero-order valence-corrected chi connectivity index (χ0v) is 18.1. The van der Waals surface area contributed by atoms with E-state index in [4.69, 9.17) is 14.2 Å². The number of hydrogen-bond acceptors (Lipinski definition) is 4. The van der Waals surface area contributed by atoms with Crippen LogP contribution in [0.25, 0.3) is 0 Å². The fraction of sp³-hybridized carbons (Fsp3) is 0.750. The molecular weight excluding hydrogens is 352 g/mol. The topological polar surface area (TPSA) is 47.9 Å². The lowest BCUT2D eigenvalue weighted by Gasteiger charge is -2.39. The highest BCUT2D eigenvalue weighted by molar-refractivity contribution is 5.43. The van der Waals surface area contributed by atoms with E-state index < -0.39 is 5.79 Å². The third-order valence-electron chi connectivity index (χ3n) is 6.70. The molecule has 1 heterocycles. The van der Waals surface area contributed by atoms with Gasteiger partial charge in [-0.15, -0.1) is 0 Å². The van der Waals surface area contributed by atoms with E-state index in [0.717, 1.165) is 17.7 Å². The van der Waals surface area contributed by atoms with E-state index in [2.05, 4.69) is 39.0 Å². The van der Waals surface area contributed by atoms with Gasteiger partial charge in [-0.25, -0.2) is 0 Å². The van der Waals surface area contributed by atoms with Gasteiger partial charge >= 0.3 is 0 Å². The van der Waals surface area contributed by atoms with Crippen LogP contribution in [0.4, 0.5) is 0 Å². The zero-order chi connectivity index (χ0) is 20.2. The second-order valence-corrected chi connectivity index (χ2v) is 9.18. The van der Waals surface area contributed by atoms with Crippen LogP contribution in [0.15, 0.2) is 18.2 Å². The predicted octanol–water partition coefficient (Wildman–Crippen LogP) is 5.31. The Bertz CT molecular complexity index is 633. The fourth-order valence-corrected chi connectivity index (χ4v) is 4.80. The number of methoxy groups -OCH3 is 1. The van der Waals surface area contributed by atoms with Crippen molar-refractivity contribution in [3.63, 3.8) is 0 Å². The first-order valence-electron chi connectivity index (χ1n) is 11.1. The number of aliphatic hydroxyl groups excluding tert-OH is 1. The summed E-state index contributed by atoms with van der Waals surface area (Å²) in [6.45, 7) is 8.17. The van der Waals surface area contributed by atoms with Crippen molar-refractivity contribution in [2.75, 3.05) is 20.3 Å². The van der Waals surface area contributed by atoms with Gasteiger partial charge in [-0.1, -0.05) is 58.6 Å². The van der Waals surface area contributed by atoms with Gasteiger partial charge in [0.15, 0.2) is 5.79 Å². The first-order valence-corrected chi connectivity index (χ1v) is 11.1. The number of ether oxygens (including phenoxy) is 3. The van der Waals surface area contributed by atoms with Crippen LogP contribution in [0.3, 0.4) is 0 Å². The highest BCUT2D eigenvalue weighted by Gasteiger charge is 2.45. The quantitative estimate of drug-likeness (QED) is 0.611. The van der Waals surface area contributed by atoms with Crippen molar-refractivity contribution < 1.29 is 19.3 Å². The Morgan fingerprint density at radius 3 is 2.61 bits per heavy atom. The molecule has 0 radical (unpaired) electrons. The Labute approximate surface area is 170 Å². The van der Waals surface area contributed by atoms with E-state index in [0.29, 0.717) is 26.1 Å². The minimum atomic E-state index is -0.522. The highest BCUT2D eigenvalue weighted by atomic mass is 16.7. The molecule has 1 aliphatic carbocycles. The van der Waals surface area contributed by atoms with Crippen molar-refractivity contribution in [1.29, 1.82) is 0 Å². The lowest BCUT2D eigenvalue weighted by atomic mass is 9.75. The third kappa shape index (κ3) is 4.72. The molecule has 0 bridgehead atoms. The largest absolute Gasteiger partial charge is 0.496 e. The minimum Gasteiger partial charge on any atom is -0.496 e. The van der Waals surface area contributed by atoms with Gasteiger partial charge in [0.05, 0.1) is 26.4 Å². The summed E-state index contributed by atoms with van der Waals surface area (Å²) < 4.78 is 17.6. The summed E-state index contributed by atoms with van der Waals surface area (Å²) in [6.07, 6.45) is 8.05. The van der Waals surface area contributed by atoms with E-state index in [9.17, 15) is 5.11 Å². The van der Waals surface area contributed by atoms with Crippen molar-refractivity contribution in [2.24, 2.45) is 0 Å². The Morgan fingerprint density at radius 2 is 1.93 bits per heavy atom. The van der Waals surface area contributed by atoms with Gasteiger partial charge in [0, 0.05) is 18.8 Å². The molecule has 2 fully saturated rings. The van der Waals surface area contributed by atoms with Gasteiger partial charge in [-0.2, -0.15) is 0 Å². The van der Waals surface area contributed by atoms with Crippen LogP contribution in [0.1, 0.15) is 89.2 Å². The lowest BCUT2D eigenvalue weighted by molar-refractivity contribution is -0.193. The van der Waals surface area contributed by atoms with E-state index >= 15 is 0 Å². The minimum absolute atomic E-state index is 0.0245. The number of benzene rings is 1. The van der Waals surface area contributed by atoms with Gasteiger partial charge in [0.1, 0.15) is 5.75 Å². The SMILES string of the molecule is CCCCCCC(C)(C)c1ccc([C@@H]2CC3(CC[C@@H]2O)OCCO3)c(OC)c1. The molecule has 1 saturated carbocycles. The lowest BCUT2D eigenvalue weighted by Crippen LogP contribution is -2.41. The van der Waals surface area contributed by atoms with E-state index in [1.165, 1.54) is 37.7 Å². The van der Waals surface area contributed by atoms with Gasteiger partial charge in [0.2, 0.25) is 0 Å². The van der Waals surface area contributed by atoms with Crippen LogP contribution in [-0.4, -0.2) is 37.3 Å². The Kier molecular flexibility index (Phi) is 7.06. The van der Waals surface area contributed by atoms with Crippen LogP contribution < -0.4 is 4.74 Å². The summed E-state index contributed by atoms with van der Waals surface area (Å²) >= 11 is 0. The number of rotatable bonds is 8. The molecule has 0 aromatic heterocycles. The summed E-state index contributed by atoms with van der Waals surface area (Å²) in [6, 6.07) is 6.56. The Morgan fingerprint density at radius 1 is 1.18 bits per heavy atom. The summed E-state index contributed by atoms with van der Waals surface area (Å²) in [5.41, 5.74) is 2.49. The maximum absolute atomic E-state index is 10.7. The van der Waals surface area contributed by atoms with Gasteiger partial charge in [-0.05, 0) is 35.4 Å². The summed E-state index contributed by atoms with van der Waals surface area (Å²) in [7, 11) is 1.73. The summed E-state index contributed by atoms with van der Waals surface area (Å²) in [4.78, 5) is 0. The van der Waals surface area contributed by atoms with Crippen molar-refractivity contribution in [3.05, 3.63) is 29.3 Å². The smallest absolute Gasteiger partial charge is 0.169 e. The second kappa shape index (κ2) is 9.15. The standard InChI is InChI=1S/C24H38O4/c1-5-6-7-8-12-23(2,3)18-9-10-19(22(16-18)26-4)20-17-24(13-11-21(20)25)27-14-15-28-24/h9-10,16,20-21,25H,5-8,11-15,17H2,1-4H3/t20-,21-/m0/s1. The molecule has 2 aliphatic rings. The first-order chi connectivity index (χ1) is 13.4. The van der Waals surface area contributed by atoms with Crippen LogP contribution in [0, 0.1) is 0 Å². The molecule has 158 valence electrons. The number of hydrogen-bond donors (Lipinski definition) is 1. The number of unbranched alkanes of at least 4 members (excludes halogenated alkanes) is 3. The average Bonchev–Trinajstić information content (AvgIpc) is 3.15. The van der Waals surface area contributed by atoms with Crippen LogP contribution in [-0.2, 0) is 14.9 Å². The van der Waals surface area contributed by atoms with Gasteiger partial charge in [0.25, 0.3) is 0 Å². The van der Waals surface area contributed by atoms with Crippen molar-refractivity contribution >= 4 is 0 Å². The van der Waals surface area contributed by atoms with Crippen molar-refractivity contribution in [2.45, 2.75) is 95.4 Å². The third-order valence-corrected chi connectivity index (χ3v) is 6.70. The molecule has 3 rings (SSSR count). The maximum Gasteiger partial charge on any atom is 0.169 e. The highest BCUT2D eigenvalue weighted by Crippen LogP contribution is 2.46. The summed E-state index contributed by atoms with van der Waals surface area (Å²) in [5, 5.41) is 10.7. The Hall–Kier alpha value is -1.10. The van der Waals surface area contributed by atoms with E-state index in [1.807, 2.05) is 0 Å². The average molecular weight is 391 g/mol. The molecule has 1 aliphatic heterocycles. The molecule has 0 amide bonds. The molecule has 1 saturated heterocycles. The Balaban J connectivity index is 1.78. The molecule has 1 N–H and O–H groups in total. The van der Waals surface area contributed by atoms with E-state index in [-0.39, 0.29) is 17.4 Å². The summed E-state index contributed by atoms with van der Waals surface area (Å²) in [5.74, 6) is 0.327. The van der Waals surface area contributed by atoms with Crippen molar-refractivity contribution in [3.8, 4) is 5.75 Å². The molecule has 1 spiro atoms. The van der Waals surface area contributed by atoms with Crippen LogP contribution in [0.2, 0.25) is 0 Å². The van der Waals surface area contributed by atoms with Crippen LogP contribution >= 0.6 is 0 Å². The number of aliphatic hydroxyl groups is 1. The molecule has 4 heteroatoms. The normalized spacial score (nSPS) is 24.6. The second-order valence-electron chi connectivity index (χ2n) is 9.18. The molecule has 2 atom stereocenters. The molecular formula is C24H38O4. The predicted molar refractivity (Wildman–Crippen MR) is 112 cm³/mol. The first kappa shape index (κ1) is 21.6. The molecule has 1 aromatic rings. The molecule has 4 nitrogen and oxygen atoms in total. The van der Waals surface area contributed by atoms with E-state index in [1.54, 1.807) is 7.11 Å². The monoisotopic (exact) mass is 390 g/mol. The van der Waals surface area contributed by atoms with Crippen LogP contribution in [0.5, 0.6) is 5.75 Å². The maximum atomic E-state index is 10.7.